The van der Waals surface area contributed by atoms with Gasteiger partial charge in [0.2, 0.25) is 5.28 Å². The highest BCUT2D eigenvalue weighted by Crippen LogP contribution is 2.29. The molecular weight excluding hydrogens is 250 g/mol. The van der Waals surface area contributed by atoms with Crippen LogP contribution in [0.25, 0.3) is 0 Å². The molecular formula is C9H12ClN3O2S. The summed E-state index contributed by atoms with van der Waals surface area (Å²) in [5.41, 5.74) is -0.0855. The summed E-state index contributed by atoms with van der Waals surface area (Å²) in [5, 5.41) is 11.1. The summed E-state index contributed by atoms with van der Waals surface area (Å²) >= 11 is 6.96. The number of nitro groups is 1. The number of halogens is 1. The Morgan fingerprint density at radius 2 is 2.38 bits per heavy atom. The Morgan fingerprint density at radius 3 is 2.94 bits per heavy atom. The highest BCUT2D eigenvalue weighted by molar-refractivity contribution is 7.99. The van der Waals surface area contributed by atoms with E-state index in [-0.39, 0.29) is 11.0 Å². The van der Waals surface area contributed by atoms with Crippen LogP contribution in [0.5, 0.6) is 0 Å². The lowest BCUT2D eigenvalue weighted by molar-refractivity contribution is -0.388. The molecule has 1 unspecified atom stereocenters. The van der Waals surface area contributed by atoms with Gasteiger partial charge in [-0.25, -0.2) is 9.97 Å². The monoisotopic (exact) mass is 261 g/mol. The van der Waals surface area contributed by atoms with Gasteiger partial charge < -0.3 is 0 Å². The van der Waals surface area contributed by atoms with Crippen LogP contribution in [0, 0.1) is 16.0 Å². The maximum Gasteiger partial charge on any atom is 0.319 e. The Hall–Kier alpha value is -0.880. The van der Waals surface area contributed by atoms with Crippen LogP contribution in [0.1, 0.15) is 20.3 Å². The lowest BCUT2D eigenvalue weighted by Crippen LogP contribution is -2.00. The van der Waals surface area contributed by atoms with Crippen LogP contribution in [0.2, 0.25) is 5.28 Å². The molecule has 0 aliphatic heterocycles. The van der Waals surface area contributed by atoms with Crippen molar-refractivity contribution in [2.75, 3.05) is 5.75 Å². The van der Waals surface area contributed by atoms with Gasteiger partial charge >= 0.3 is 5.69 Å². The molecule has 1 atom stereocenters. The first-order chi connectivity index (χ1) is 7.54. The Kier molecular flexibility index (Phi) is 4.95. The van der Waals surface area contributed by atoms with Crippen molar-refractivity contribution in [3.63, 3.8) is 0 Å². The van der Waals surface area contributed by atoms with Crippen molar-refractivity contribution in [2.24, 2.45) is 5.92 Å². The molecule has 0 saturated carbocycles. The topological polar surface area (TPSA) is 68.9 Å². The zero-order valence-corrected chi connectivity index (χ0v) is 10.6. The number of thioether (sulfide) groups is 1. The molecule has 1 aromatic rings. The molecule has 0 saturated heterocycles. The molecule has 0 spiro atoms. The van der Waals surface area contributed by atoms with E-state index < -0.39 is 4.92 Å². The van der Waals surface area contributed by atoms with Crippen LogP contribution in [0.4, 0.5) is 5.69 Å². The molecule has 0 radical (unpaired) electrons. The molecule has 0 fully saturated rings. The average molecular weight is 262 g/mol. The molecule has 88 valence electrons. The van der Waals surface area contributed by atoms with E-state index in [0.717, 1.165) is 18.4 Å². The minimum atomic E-state index is -0.491. The Bertz CT molecular complexity index is 389. The zero-order valence-electron chi connectivity index (χ0n) is 9.01. The van der Waals surface area contributed by atoms with Gasteiger partial charge in [-0.05, 0) is 17.5 Å². The Labute approximate surface area is 103 Å². The van der Waals surface area contributed by atoms with E-state index in [1.54, 1.807) is 0 Å². The molecule has 0 amide bonds. The molecule has 1 heterocycles. The Morgan fingerprint density at radius 1 is 1.69 bits per heavy atom. The van der Waals surface area contributed by atoms with Crippen molar-refractivity contribution < 1.29 is 4.92 Å². The van der Waals surface area contributed by atoms with Gasteiger partial charge in [-0.2, -0.15) is 0 Å². The van der Waals surface area contributed by atoms with E-state index in [1.165, 1.54) is 11.8 Å². The average Bonchev–Trinajstić information content (AvgIpc) is 2.25. The van der Waals surface area contributed by atoms with Crippen molar-refractivity contribution in [1.82, 2.24) is 9.97 Å². The summed E-state index contributed by atoms with van der Waals surface area (Å²) in [6.07, 6.45) is 2.17. The molecule has 0 aliphatic carbocycles. The normalized spacial score (nSPS) is 12.4. The predicted molar refractivity (Wildman–Crippen MR) is 63.9 cm³/mol. The van der Waals surface area contributed by atoms with Gasteiger partial charge in [0.15, 0.2) is 5.03 Å². The summed E-state index contributed by atoms with van der Waals surface area (Å²) in [6, 6.07) is 0. The van der Waals surface area contributed by atoms with Crippen LogP contribution in [-0.2, 0) is 0 Å². The highest BCUT2D eigenvalue weighted by Gasteiger charge is 2.17. The first-order valence-corrected chi connectivity index (χ1v) is 6.20. The van der Waals surface area contributed by atoms with Gasteiger partial charge in [0, 0.05) is 5.75 Å². The summed E-state index contributed by atoms with van der Waals surface area (Å²) in [4.78, 5) is 17.7. The van der Waals surface area contributed by atoms with E-state index in [9.17, 15) is 10.1 Å². The van der Waals surface area contributed by atoms with E-state index in [1.807, 2.05) is 0 Å². The maximum absolute atomic E-state index is 10.7. The van der Waals surface area contributed by atoms with Crippen molar-refractivity contribution in [1.29, 1.82) is 0 Å². The maximum atomic E-state index is 10.7. The zero-order chi connectivity index (χ0) is 12.1. The summed E-state index contributed by atoms with van der Waals surface area (Å²) in [6.45, 7) is 4.16. The molecule has 1 rings (SSSR count). The van der Waals surface area contributed by atoms with Gasteiger partial charge in [0.25, 0.3) is 0 Å². The SMILES string of the molecule is CCC(C)CSc1nc(Cl)ncc1[N+](=O)[O-]. The smallest absolute Gasteiger partial charge is 0.258 e. The van der Waals surface area contributed by atoms with Gasteiger partial charge in [-0.3, -0.25) is 10.1 Å². The van der Waals surface area contributed by atoms with Crippen LogP contribution in [0.3, 0.4) is 0 Å². The van der Waals surface area contributed by atoms with Gasteiger partial charge in [-0.1, -0.05) is 32.0 Å². The number of hydrogen-bond acceptors (Lipinski definition) is 5. The fourth-order valence-electron chi connectivity index (χ4n) is 0.910. The van der Waals surface area contributed by atoms with Gasteiger partial charge in [-0.15, -0.1) is 0 Å². The van der Waals surface area contributed by atoms with E-state index in [0.29, 0.717) is 10.9 Å². The molecule has 1 aromatic heterocycles. The fourth-order valence-corrected chi connectivity index (χ4v) is 2.20. The minimum Gasteiger partial charge on any atom is -0.258 e. The third kappa shape index (κ3) is 3.61. The third-order valence-corrected chi connectivity index (χ3v) is 3.60. The van der Waals surface area contributed by atoms with Crippen molar-refractivity contribution in [3.8, 4) is 0 Å². The number of nitrogens with zero attached hydrogens (tertiary/aromatic N) is 3. The summed E-state index contributed by atoms with van der Waals surface area (Å²) in [5.74, 6) is 1.27. The third-order valence-electron chi connectivity index (χ3n) is 2.10. The molecule has 16 heavy (non-hydrogen) atoms. The summed E-state index contributed by atoms with van der Waals surface area (Å²) in [7, 11) is 0. The number of rotatable bonds is 5. The number of aromatic nitrogens is 2. The molecule has 0 aromatic carbocycles. The largest absolute Gasteiger partial charge is 0.319 e. The molecule has 0 aliphatic rings. The molecule has 5 nitrogen and oxygen atoms in total. The van der Waals surface area contributed by atoms with Crippen LogP contribution in [-0.4, -0.2) is 20.6 Å². The van der Waals surface area contributed by atoms with Crippen molar-refractivity contribution >= 4 is 29.1 Å². The van der Waals surface area contributed by atoms with Crippen molar-refractivity contribution in [2.45, 2.75) is 25.3 Å². The molecule has 0 bridgehead atoms. The van der Waals surface area contributed by atoms with Crippen LogP contribution in [0.15, 0.2) is 11.2 Å². The van der Waals surface area contributed by atoms with E-state index >= 15 is 0 Å². The Balaban J connectivity index is 2.84. The quantitative estimate of drug-likeness (QED) is 0.268. The standard InChI is InChI=1S/C9H12ClN3O2S/c1-3-6(2)5-16-8-7(13(14)15)4-11-9(10)12-8/h4,6H,3,5H2,1-2H3. The van der Waals surface area contributed by atoms with Gasteiger partial charge in [0.05, 0.1) is 4.92 Å². The minimum absolute atomic E-state index is 0.0391. The first kappa shape index (κ1) is 13.2. The van der Waals surface area contributed by atoms with E-state index in [4.69, 9.17) is 11.6 Å². The second kappa shape index (κ2) is 6.00. The molecule has 0 N–H and O–H groups in total. The summed E-state index contributed by atoms with van der Waals surface area (Å²) < 4.78 is 0. The lowest BCUT2D eigenvalue weighted by Gasteiger charge is -2.06. The molecule has 7 heteroatoms. The second-order valence-electron chi connectivity index (χ2n) is 3.41. The van der Waals surface area contributed by atoms with Gasteiger partial charge in [0.1, 0.15) is 6.20 Å². The van der Waals surface area contributed by atoms with Crippen LogP contribution < -0.4 is 0 Å². The fraction of sp³-hybridized carbons (Fsp3) is 0.556. The van der Waals surface area contributed by atoms with Crippen LogP contribution >= 0.6 is 23.4 Å². The van der Waals surface area contributed by atoms with E-state index in [2.05, 4.69) is 23.8 Å². The second-order valence-corrected chi connectivity index (χ2v) is 4.76. The lowest BCUT2D eigenvalue weighted by atomic mass is 10.2. The van der Waals surface area contributed by atoms with Crippen molar-refractivity contribution in [3.05, 3.63) is 21.6 Å². The highest BCUT2D eigenvalue weighted by atomic mass is 35.5. The first-order valence-electron chi connectivity index (χ1n) is 4.84. The predicted octanol–water partition coefficient (Wildman–Crippen LogP) is 3.18. The number of hydrogen-bond donors (Lipinski definition) is 0.